The molecule has 0 aliphatic heterocycles. The quantitative estimate of drug-likeness (QED) is 0.692. The van der Waals surface area contributed by atoms with Gasteiger partial charge in [-0.2, -0.15) is 0 Å². The average Bonchev–Trinajstić information content (AvgIpc) is 2.35. The van der Waals surface area contributed by atoms with Crippen molar-refractivity contribution in [2.75, 3.05) is 37.7 Å². The van der Waals surface area contributed by atoms with Gasteiger partial charge in [0.15, 0.2) is 0 Å². The van der Waals surface area contributed by atoms with Crippen LogP contribution in [0.5, 0.6) is 5.88 Å². The van der Waals surface area contributed by atoms with Gasteiger partial charge in [-0.05, 0) is 20.4 Å². The van der Waals surface area contributed by atoms with E-state index in [2.05, 4.69) is 34.0 Å². The molecular formula is C12H22N4O. The minimum Gasteiger partial charge on any atom is -0.478 e. The highest BCUT2D eigenvalue weighted by molar-refractivity contribution is 5.40. The first-order chi connectivity index (χ1) is 8.31. The first-order valence-corrected chi connectivity index (χ1v) is 6.22. The summed E-state index contributed by atoms with van der Waals surface area (Å²) in [5.41, 5.74) is 0. The number of hydrogen-bond donors (Lipinski definition) is 1. The van der Waals surface area contributed by atoms with E-state index in [0.29, 0.717) is 12.5 Å². The lowest BCUT2D eigenvalue weighted by molar-refractivity contribution is 0.326. The highest BCUT2D eigenvalue weighted by Crippen LogP contribution is 2.14. The molecule has 0 bridgehead atoms. The van der Waals surface area contributed by atoms with Gasteiger partial charge in [-0.1, -0.05) is 6.92 Å². The molecule has 1 heterocycles. The predicted molar refractivity (Wildman–Crippen MR) is 69.6 cm³/mol. The van der Waals surface area contributed by atoms with Crippen molar-refractivity contribution in [3.8, 4) is 5.88 Å². The molecule has 0 saturated carbocycles. The topological polar surface area (TPSA) is 50.3 Å². The Labute approximate surface area is 103 Å². The number of nitrogens with zero attached hydrogens (tertiary/aromatic N) is 3. The lowest BCUT2D eigenvalue weighted by atomic mass is 10.4. The molecule has 0 amide bonds. The van der Waals surface area contributed by atoms with Gasteiger partial charge in [0.25, 0.3) is 0 Å². The lowest BCUT2D eigenvalue weighted by Gasteiger charge is -2.22. The summed E-state index contributed by atoms with van der Waals surface area (Å²) in [7, 11) is 0. The van der Waals surface area contributed by atoms with Gasteiger partial charge >= 0.3 is 0 Å². The molecule has 0 fully saturated rings. The summed E-state index contributed by atoms with van der Waals surface area (Å²) in [4.78, 5) is 10.5. The molecular weight excluding hydrogens is 216 g/mol. The molecule has 5 nitrogen and oxygen atoms in total. The first kappa shape index (κ1) is 13.7. The zero-order valence-electron chi connectivity index (χ0n) is 10.9. The Bertz CT molecular complexity index is 319. The van der Waals surface area contributed by atoms with Crippen LogP contribution < -0.4 is 15.0 Å². The Hall–Kier alpha value is -1.36. The van der Waals surface area contributed by atoms with Gasteiger partial charge in [-0.25, -0.2) is 9.97 Å². The molecule has 1 aromatic rings. The van der Waals surface area contributed by atoms with Gasteiger partial charge in [0.2, 0.25) is 5.88 Å². The minimum absolute atomic E-state index is 0.625. The number of ether oxygens (including phenoxy) is 1. The van der Waals surface area contributed by atoms with Crippen LogP contribution in [0.3, 0.4) is 0 Å². The normalized spacial score (nSPS) is 10.3. The Morgan fingerprint density at radius 3 is 2.76 bits per heavy atom. The molecule has 1 rings (SSSR count). The summed E-state index contributed by atoms with van der Waals surface area (Å²) in [5.74, 6) is 1.56. The number of anilines is 1. The van der Waals surface area contributed by atoms with E-state index in [0.717, 1.165) is 32.0 Å². The van der Waals surface area contributed by atoms with Gasteiger partial charge in [-0.15, -0.1) is 0 Å². The molecule has 1 aromatic heterocycles. The molecule has 0 aliphatic carbocycles. The van der Waals surface area contributed by atoms with Crippen LogP contribution in [0, 0.1) is 0 Å². The second-order valence-electron chi connectivity index (χ2n) is 3.58. The maximum atomic E-state index is 5.37. The van der Waals surface area contributed by atoms with Crippen molar-refractivity contribution < 1.29 is 4.74 Å². The van der Waals surface area contributed by atoms with E-state index in [9.17, 15) is 0 Å². The molecule has 0 atom stereocenters. The molecule has 5 heteroatoms. The van der Waals surface area contributed by atoms with Crippen LogP contribution in [-0.4, -0.2) is 42.8 Å². The molecule has 96 valence electrons. The summed E-state index contributed by atoms with van der Waals surface area (Å²) < 4.78 is 5.37. The standard InChI is InChI=1S/C12H22N4O/c1-4-13-7-8-16(5-2)11-9-12(17-6-3)15-10-14-11/h9-10,13H,4-8H2,1-3H3. The van der Waals surface area contributed by atoms with Crippen LogP contribution in [0.1, 0.15) is 20.8 Å². The Morgan fingerprint density at radius 1 is 1.29 bits per heavy atom. The van der Waals surface area contributed by atoms with Gasteiger partial charge < -0.3 is 15.0 Å². The van der Waals surface area contributed by atoms with Crippen molar-refractivity contribution in [3.05, 3.63) is 12.4 Å². The summed E-state index contributed by atoms with van der Waals surface area (Å²) >= 11 is 0. The monoisotopic (exact) mass is 238 g/mol. The fourth-order valence-corrected chi connectivity index (χ4v) is 1.56. The number of rotatable bonds is 8. The Morgan fingerprint density at radius 2 is 2.12 bits per heavy atom. The Balaban J connectivity index is 2.63. The number of likely N-dealkylation sites (N-methyl/N-ethyl adjacent to an activating group) is 2. The van der Waals surface area contributed by atoms with Crippen LogP contribution >= 0.6 is 0 Å². The fourth-order valence-electron chi connectivity index (χ4n) is 1.56. The van der Waals surface area contributed by atoms with E-state index in [-0.39, 0.29) is 0 Å². The Kier molecular flexibility index (Phi) is 6.32. The minimum atomic E-state index is 0.625. The molecule has 0 spiro atoms. The maximum Gasteiger partial charge on any atom is 0.218 e. The third-order valence-corrected chi connectivity index (χ3v) is 2.43. The van der Waals surface area contributed by atoms with Crippen molar-refractivity contribution in [1.82, 2.24) is 15.3 Å². The third kappa shape index (κ3) is 4.56. The number of hydrogen-bond acceptors (Lipinski definition) is 5. The van der Waals surface area contributed by atoms with E-state index in [4.69, 9.17) is 4.74 Å². The molecule has 0 unspecified atom stereocenters. The zero-order chi connectivity index (χ0) is 12.5. The van der Waals surface area contributed by atoms with E-state index >= 15 is 0 Å². The van der Waals surface area contributed by atoms with Gasteiger partial charge in [0.1, 0.15) is 12.1 Å². The van der Waals surface area contributed by atoms with Crippen LogP contribution in [0.15, 0.2) is 12.4 Å². The summed E-state index contributed by atoms with van der Waals surface area (Å²) in [6.45, 7) is 10.6. The molecule has 17 heavy (non-hydrogen) atoms. The molecule has 0 aliphatic rings. The lowest BCUT2D eigenvalue weighted by Crippen LogP contribution is -2.32. The van der Waals surface area contributed by atoms with Crippen molar-refractivity contribution in [2.45, 2.75) is 20.8 Å². The number of nitrogens with one attached hydrogen (secondary N) is 1. The molecule has 1 N–H and O–H groups in total. The summed E-state index contributed by atoms with van der Waals surface area (Å²) in [6.07, 6.45) is 1.55. The second kappa shape index (κ2) is 7.84. The number of aromatic nitrogens is 2. The van der Waals surface area contributed by atoms with Gasteiger partial charge in [-0.3, -0.25) is 0 Å². The van der Waals surface area contributed by atoms with Crippen LogP contribution in [-0.2, 0) is 0 Å². The summed E-state index contributed by atoms with van der Waals surface area (Å²) in [6, 6.07) is 1.89. The maximum absolute atomic E-state index is 5.37. The van der Waals surface area contributed by atoms with Crippen molar-refractivity contribution in [2.24, 2.45) is 0 Å². The fraction of sp³-hybridized carbons (Fsp3) is 0.667. The molecule has 0 aromatic carbocycles. The van der Waals surface area contributed by atoms with Crippen LogP contribution in [0.4, 0.5) is 5.82 Å². The van der Waals surface area contributed by atoms with Gasteiger partial charge in [0, 0.05) is 25.7 Å². The SMILES string of the molecule is CCNCCN(CC)c1cc(OCC)ncn1. The smallest absolute Gasteiger partial charge is 0.218 e. The highest BCUT2D eigenvalue weighted by atomic mass is 16.5. The van der Waals surface area contributed by atoms with Gasteiger partial charge in [0.05, 0.1) is 6.61 Å². The van der Waals surface area contributed by atoms with E-state index in [1.165, 1.54) is 0 Å². The van der Waals surface area contributed by atoms with Crippen LogP contribution in [0.2, 0.25) is 0 Å². The van der Waals surface area contributed by atoms with Crippen molar-refractivity contribution in [1.29, 1.82) is 0 Å². The third-order valence-electron chi connectivity index (χ3n) is 2.43. The molecule has 0 saturated heterocycles. The van der Waals surface area contributed by atoms with E-state index in [1.807, 2.05) is 13.0 Å². The van der Waals surface area contributed by atoms with E-state index < -0.39 is 0 Å². The highest BCUT2D eigenvalue weighted by Gasteiger charge is 2.06. The predicted octanol–water partition coefficient (Wildman–Crippen LogP) is 1.31. The second-order valence-corrected chi connectivity index (χ2v) is 3.58. The van der Waals surface area contributed by atoms with E-state index in [1.54, 1.807) is 6.33 Å². The first-order valence-electron chi connectivity index (χ1n) is 6.22. The van der Waals surface area contributed by atoms with Crippen molar-refractivity contribution in [3.63, 3.8) is 0 Å². The summed E-state index contributed by atoms with van der Waals surface area (Å²) in [5, 5.41) is 3.31. The molecule has 0 radical (unpaired) electrons. The van der Waals surface area contributed by atoms with Crippen molar-refractivity contribution >= 4 is 5.82 Å². The average molecular weight is 238 g/mol. The largest absolute Gasteiger partial charge is 0.478 e. The van der Waals surface area contributed by atoms with Crippen LogP contribution in [0.25, 0.3) is 0 Å². The zero-order valence-corrected chi connectivity index (χ0v) is 10.9.